The molecule has 0 saturated carbocycles. The Hall–Kier alpha value is -0.780. The Balaban J connectivity index is 3.11. The van der Waals surface area contributed by atoms with Gasteiger partial charge in [0.05, 0.1) is 0 Å². The molecule has 1 rings (SSSR count). The van der Waals surface area contributed by atoms with Crippen LogP contribution in [0.5, 0.6) is 0 Å². The van der Waals surface area contributed by atoms with Crippen molar-refractivity contribution in [1.29, 1.82) is 0 Å². The first-order valence-corrected chi connectivity index (χ1v) is 5.09. The number of benzene rings is 1. The van der Waals surface area contributed by atoms with Gasteiger partial charge in [-0.2, -0.15) is 0 Å². The molecule has 0 heterocycles. The van der Waals surface area contributed by atoms with Crippen molar-refractivity contribution >= 4 is 26.4 Å². The third kappa shape index (κ3) is 2.10. The van der Waals surface area contributed by atoms with Crippen LogP contribution in [-0.2, 0) is 10.0 Å². The third-order valence-corrected chi connectivity index (χ3v) is 2.95. The van der Waals surface area contributed by atoms with Gasteiger partial charge in [-0.3, -0.25) is 0 Å². The lowest BCUT2D eigenvalue weighted by Crippen LogP contribution is -2.22. The Bertz CT molecular complexity index is 383. The van der Waals surface area contributed by atoms with E-state index in [1.54, 1.807) is 30.3 Å². The van der Waals surface area contributed by atoms with Crippen LogP contribution in [0.15, 0.2) is 30.3 Å². The first kappa shape index (κ1) is 9.31. The predicted octanol–water partition coefficient (Wildman–Crippen LogP) is 0.651. The van der Waals surface area contributed by atoms with E-state index in [2.05, 4.69) is 12.2 Å². The summed E-state index contributed by atoms with van der Waals surface area (Å²) in [4.78, 5) is 0. The van der Waals surface area contributed by atoms with E-state index >= 15 is 0 Å². The predicted molar refractivity (Wildman–Crippen MR) is 51.2 cm³/mol. The fourth-order valence-electron chi connectivity index (χ4n) is 0.739. The summed E-state index contributed by atoms with van der Waals surface area (Å²) < 4.78 is 21.3. The SMILES string of the molecule is NS(=O)(=O)C(=S)c1ccccc1. The zero-order chi connectivity index (χ0) is 9.19. The maximum absolute atomic E-state index is 10.8. The second kappa shape index (κ2) is 3.30. The standard InChI is InChI=1S/C7H7NO2S2/c8-12(9,10)7(11)6-4-2-1-3-5-6/h1-5H,(H2,8,9,10). The quantitative estimate of drug-likeness (QED) is 0.679. The molecule has 0 spiro atoms. The summed E-state index contributed by atoms with van der Waals surface area (Å²) in [7, 11) is -3.72. The minimum Gasteiger partial charge on any atom is -0.224 e. The maximum atomic E-state index is 10.8. The Kier molecular flexibility index (Phi) is 2.56. The van der Waals surface area contributed by atoms with Crippen LogP contribution in [0.4, 0.5) is 0 Å². The molecule has 0 atom stereocenters. The van der Waals surface area contributed by atoms with Gasteiger partial charge in [-0.25, -0.2) is 13.6 Å². The van der Waals surface area contributed by atoms with Crippen LogP contribution < -0.4 is 5.14 Å². The first-order chi connectivity index (χ1) is 5.52. The van der Waals surface area contributed by atoms with Gasteiger partial charge in [0.2, 0.25) is 10.0 Å². The van der Waals surface area contributed by atoms with Crippen molar-refractivity contribution in [3.63, 3.8) is 0 Å². The molecule has 0 aliphatic carbocycles. The average molecular weight is 201 g/mol. The van der Waals surface area contributed by atoms with Crippen LogP contribution >= 0.6 is 12.2 Å². The number of primary sulfonamides is 1. The van der Waals surface area contributed by atoms with Crippen molar-refractivity contribution in [2.75, 3.05) is 0 Å². The normalized spacial score (nSPS) is 11.1. The Labute approximate surface area is 76.3 Å². The number of rotatable bonds is 1. The average Bonchev–Trinajstić information content (AvgIpc) is 2.03. The molecule has 0 fully saturated rings. The van der Waals surface area contributed by atoms with Gasteiger partial charge in [0, 0.05) is 5.56 Å². The molecular weight excluding hydrogens is 194 g/mol. The van der Waals surface area contributed by atoms with Gasteiger partial charge in [-0.05, 0) is 0 Å². The minimum absolute atomic E-state index is 0.219. The summed E-state index contributed by atoms with van der Waals surface area (Å²) in [6.07, 6.45) is 0. The van der Waals surface area contributed by atoms with E-state index in [9.17, 15) is 8.42 Å². The van der Waals surface area contributed by atoms with Crippen LogP contribution in [0.2, 0.25) is 0 Å². The van der Waals surface area contributed by atoms with Crippen molar-refractivity contribution in [2.24, 2.45) is 5.14 Å². The Morgan fingerprint density at radius 2 is 1.75 bits per heavy atom. The molecule has 0 aliphatic heterocycles. The van der Waals surface area contributed by atoms with E-state index in [0.29, 0.717) is 5.56 Å². The number of nitrogens with two attached hydrogens (primary N) is 1. The summed E-state index contributed by atoms with van der Waals surface area (Å²) in [5.74, 6) is 0. The molecule has 0 aliphatic rings. The van der Waals surface area contributed by atoms with E-state index < -0.39 is 10.0 Å². The summed E-state index contributed by atoms with van der Waals surface area (Å²) >= 11 is 4.64. The smallest absolute Gasteiger partial charge is 0.224 e. The molecule has 0 amide bonds. The molecule has 0 saturated heterocycles. The summed E-state index contributed by atoms with van der Waals surface area (Å²) in [5.41, 5.74) is 0.454. The van der Waals surface area contributed by atoms with E-state index in [1.165, 1.54) is 0 Å². The fraction of sp³-hybridized carbons (Fsp3) is 0. The third-order valence-electron chi connectivity index (χ3n) is 1.27. The highest BCUT2D eigenvalue weighted by atomic mass is 32.2. The molecule has 64 valence electrons. The van der Waals surface area contributed by atoms with E-state index in [1.807, 2.05) is 0 Å². The Morgan fingerprint density at radius 3 is 2.17 bits per heavy atom. The molecule has 0 bridgehead atoms. The van der Waals surface area contributed by atoms with Crippen molar-refractivity contribution in [3.8, 4) is 0 Å². The zero-order valence-electron chi connectivity index (χ0n) is 6.10. The highest BCUT2D eigenvalue weighted by Gasteiger charge is 2.12. The number of thiocarbonyl (C=S) groups is 1. The number of hydrogen-bond acceptors (Lipinski definition) is 3. The van der Waals surface area contributed by atoms with E-state index in [-0.39, 0.29) is 4.20 Å². The van der Waals surface area contributed by atoms with Gasteiger partial charge in [0.15, 0.2) is 4.20 Å². The molecule has 0 unspecified atom stereocenters. The van der Waals surface area contributed by atoms with Gasteiger partial charge in [0.1, 0.15) is 0 Å². The molecule has 1 aromatic rings. The molecule has 0 radical (unpaired) electrons. The second-order valence-electron chi connectivity index (χ2n) is 2.20. The van der Waals surface area contributed by atoms with Crippen LogP contribution in [0, 0.1) is 0 Å². The van der Waals surface area contributed by atoms with Crippen LogP contribution in [0.3, 0.4) is 0 Å². The van der Waals surface area contributed by atoms with Crippen LogP contribution in [0.1, 0.15) is 5.56 Å². The highest BCUT2D eigenvalue weighted by molar-refractivity contribution is 8.16. The van der Waals surface area contributed by atoms with Gasteiger partial charge in [-0.1, -0.05) is 42.5 Å². The molecule has 0 aromatic heterocycles. The van der Waals surface area contributed by atoms with Gasteiger partial charge in [0.25, 0.3) is 0 Å². The first-order valence-electron chi connectivity index (χ1n) is 3.14. The monoisotopic (exact) mass is 201 g/mol. The summed E-state index contributed by atoms with van der Waals surface area (Å²) in [6.45, 7) is 0. The lowest BCUT2D eigenvalue weighted by Gasteiger charge is -1.98. The summed E-state index contributed by atoms with van der Waals surface area (Å²) in [6, 6.07) is 8.38. The van der Waals surface area contributed by atoms with Gasteiger partial charge < -0.3 is 0 Å². The molecule has 5 heteroatoms. The van der Waals surface area contributed by atoms with Gasteiger partial charge in [-0.15, -0.1) is 0 Å². The lowest BCUT2D eigenvalue weighted by atomic mass is 10.2. The maximum Gasteiger partial charge on any atom is 0.248 e. The van der Waals surface area contributed by atoms with Crippen molar-refractivity contribution < 1.29 is 8.42 Å². The largest absolute Gasteiger partial charge is 0.248 e. The Morgan fingerprint density at radius 1 is 1.25 bits per heavy atom. The highest BCUT2D eigenvalue weighted by Crippen LogP contribution is 2.03. The van der Waals surface area contributed by atoms with Crippen LogP contribution in [-0.4, -0.2) is 12.6 Å². The number of sulfonamides is 1. The fourth-order valence-corrected chi connectivity index (χ4v) is 1.34. The molecule has 1 aromatic carbocycles. The minimum atomic E-state index is -3.72. The second-order valence-corrected chi connectivity index (χ2v) is 4.36. The van der Waals surface area contributed by atoms with E-state index in [0.717, 1.165) is 0 Å². The van der Waals surface area contributed by atoms with Crippen LogP contribution in [0.25, 0.3) is 0 Å². The molecular formula is C7H7NO2S2. The topological polar surface area (TPSA) is 60.2 Å². The number of hydrogen-bond donors (Lipinski definition) is 1. The zero-order valence-corrected chi connectivity index (χ0v) is 7.73. The van der Waals surface area contributed by atoms with Gasteiger partial charge >= 0.3 is 0 Å². The lowest BCUT2D eigenvalue weighted by molar-refractivity contribution is 0.609. The van der Waals surface area contributed by atoms with Crippen molar-refractivity contribution in [1.82, 2.24) is 0 Å². The molecule has 12 heavy (non-hydrogen) atoms. The van der Waals surface area contributed by atoms with Crippen molar-refractivity contribution in [3.05, 3.63) is 35.9 Å². The summed E-state index contributed by atoms with van der Waals surface area (Å²) in [5, 5.41) is 4.84. The van der Waals surface area contributed by atoms with E-state index in [4.69, 9.17) is 5.14 Å². The van der Waals surface area contributed by atoms with Crippen molar-refractivity contribution in [2.45, 2.75) is 0 Å². The molecule has 3 nitrogen and oxygen atoms in total. The molecule has 2 N–H and O–H groups in total.